The molecule has 0 radical (unpaired) electrons. The molecule has 3 aromatic rings. The Morgan fingerprint density at radius 1 is 0.574 bits per heavy atom. The molecule has 250 valence electrons. The van der Waals surface area contributed by atoms with Gasteiger partial charge in [-0.3, -0.25) is 50.6 Å². The first-order valence-corrected chi connectivity index (χ1v) is 16.4. The van der Waals surface area contributed by atoms with Gasteiger partial charge in [0.05, 0.1) is 36.2 Å². The van der Waals surface area contributed by atoms with E-state index in [1.807, 2.05) is 0 Å². The highest BCUT2D eigenvalue weighted by atomic mass is 32.3. The maximum atomic E-state index is 13.3. The molecule has 0 heterocycles. The molecular weight excluding hydrogens is 706 g/mol. The first-order chi connectivity index (χ1) is 21.7. The van der Waals surface area contributed by atoms with Crippen LogP contribution in [0.2, 0.25) is 0 Å². The molecule has 0 N–H and O–H groups in total. The Bertz CT molecular complexity index is 2120. The smallest absolute Gasteiger partial charge is 0.258 e. The third kappa shape index (κ3) is 8.58. The van der Waals surface area contributed by atoms with Gasteiger partial charge in [0.15, 0.2) is 0 Å². The Hall–Kier alpha value is -5.57. The fourth-order valence-electron chi connectivity index (χ4n) is 3.86. The third-order valence-electron chi connectivity index (χ3n) is 5.73. The van der Waals surface area contributed by atoms with Crippen molar-refractivity contribution in [2.45, 2.75) is 16.9 Å². The number of hydrogen-bond acceptors (Lipinski definition) is 18. The van der Waals surface area contributed by atoms with E-state index in [4.69, 9.17) is 0 Å². The lowest BCUT2D eigenvalue weighted by molar-refractivity contribution is -0.395. The monoisotopic (exact) mass is 721 g/mol. The van der Waals surface area contributed by atoms with E-state index in [-0.39, 0.29) is 0 Å². The van der Waals surface area contributed by atoms with E-state index in [0.29, 0.717) is 42.5 Å². The molecule has 26 heteroatoms. The maximum Gasteiger partial charge on any atom is 0.315 e. The Labute approximate surface area is 261 Å². The van der Waals surface area contributed by atoms with Gasteiger partial charge >= 0.3 is 10.1 Å². The van der Waals surface area contributed by atoms with Gasteiger partial charge in [0, 0.05) is 29.8 Å². The summed E-state index contributed by atoms with van der Waals surface area (Å²) in [5.41, 5.74) is -11.8. The van der Waals surface area contributed by atoms with Gasteiger partial charge in [0.2, 0.25) is 5.44 Å². The van der Waals surface area contributed by atoms with E-state index in [0.717, 1.165) is 18.2 Å². The van der Waals surface area contributed by atoms with Crippen LogP contribution in [-0.2, 0) is 49.7 Å². The van der Waals surface area contributed by atoms with Gasteiger partial charge < -0.3 is 0 Å². The largest absolute Gasteiger partial charge is 0.315 e. The van der Waals surface area contributed by atoms with Crippen molar-refractivity contribution in [2.24, 2.45) is 0 Å². The summed E-state index contributed by atoms with van der Waals surface area (Å²) in [6.45, 7) is 0. The highest BCUT2D eigenvalue weighted by Crippen LogP contribution is 2.37. The summed E-state index contributed by atoms with van der Waals surface area (Å²) in [6, 6.07) is 6.97. The molecule has 1 atom stereocenters. The minimum absolute atomic E-state index is 0.374. The van der Waals surface area contributed by atoms with Crippen molar-refractivity contribution < 1.29 is 57.7 Å². The van der Waals surface area contributed by atoms with Crippen LogP contribution in [0.25, 0.3) is 0 Å². The van der Waals surface area contributed by atoms with Crippen molar-refractivity contribution in [1.29, 1.82) is 0 Å². The normalized spacial score (nSPS) is 12.6. The second-order valence-corrected chi connectivity index (χ2v) is 13.8. The van der Waals surface area contributed by atoms with Crippen molar-refractivity contribution in [3.05, 3.63) is 128 Å². The van der Waals surface area contributed by atoms with Crippen LogP contribution in [-0.4, -0.2) is 49.9 Å². The summed E-state index contributed by atoms with van der Waals surface area (Å²) in [5, 5.41) is 56.9. The van der Waals surface area contributed by atoms with Crippen molar-refractivity contribution >= 4 is 58.8 Å². The van der Waals surface area contributed by atoms with Gasteiger partial charge in [-0.2, -0.15) is 25.3 Å². The molecule has 3 rings (SSSR count). The fourth-order valence-corrected chi connectivity index (χ4v) is 8.46. The van der Waals surface area contributed by atoms with Gasteiger partial charge in [-0.25, -0.2) is 4.18 Å². The zero-order valence-corrected chi connectivity index (χ0v) is 25.0. The molecule has 0 aliphatic rings. The molecule has 0 fully saturated rings. The number of nitro benzene ring substituents is 5. The number of non-ortho nitro benzene ring substituents is 1. The number of benzene rings is 3. The Balaban J connectivity index is 2.13. The SMILES string of the molecule is O=[N+]([O-])c1ccc(CS(=O)(=O)OC(c2ccccc2[N+](=O)[O-])S(=O)(=O)OS(=O)(=O)Cc2c([N+](=O)[O-])cccc2[N+](=O)[O-])c([N+](=O)[O-])c1. The molecule has 0 aliphatic carbocycles. The average Bonchev–Trinajstić information content (AvgIpc) is 2.94. The van der Waals surface area contributed by atoms with Gasteiger partial charge in [-0.15, -0.1) is 3.63 Å². The topological polar surface area (TPSA) is 337 Å². The van der Waals surface area contributed by atoms with Crippen LogP contribution in [0, 0.1) is 50.6 Å². The van der Waals surface area contributed by atoms with Gasteiger partial charge in [-0.05, 0) is 18.2 Å². The van der Waals surface area contributed by atoms with Crippen LogP contribution in [0.5, 0.6) is 0 Å². The van der Waals surface area contributed by atoms with Crippen LogP contribution < -0.4 is 0 Å². The highest BCUT2D eigenvalue weighted by Gasteiger charge is 2.43. The zero-order chi connectivity index (χ0) is 35.5. The van der Waals surface area contributed by atoms with Crippen molar-refractivity contribution in [3.63, 3.8) is 0 Å². The van der Waals surface area contributed by atoms with Gasteiger partial charge in [0.1, 0.15) is 17.1 Å². The van der Waals surface area contributed by atoms with Crippen molar-refractivity contribution in [1.82, 2.24) is 0 Å². The van der Waals surface area contributed by atoms with Crippen LogP contribution in [0.3, 0.4) is 0 Å². The molecule has 23 nitrogen and oxygen atoms in total. The Morgan fingerprint density at radius 3 is 1.60 bits per heavy atom. The standard InChI is InChI=1S/C21H15N5O18S3/c27-22(28)14-9-8-13(20(10-14)26(35)36)11-45(37,38)43-21(15-4-1-2-5-17(15)23(29)30)47(41,42)44-46(39,40)12-16-18(24(31)32)6-3-7-19(16)25(33)34/h1-10,21H,11-12H2. The molecule has 0 bridgehead atoms. The molecule has 0 saturated heterocycles. The summed E-state index contributed by atoms with van der Waals surface area (Å²) >= 11 is 0. The molecule has 0 aromatic heterocycles. The number of nitrogens with zero attached hydrogens (tertiary/aromatic N) is 5. The predicted molar refractivity (Wildman–Crippen MR) is 152 cm³/mol. The highest BCUT2D eigenvalue weighted by molar-refractivity contribution is 7.99. The van der Waals surface area contributed by atoms with E-state index < -0.39 is 117 Å². The van der Waals surface area contributed by atoms with Gasteiger partial charge in [0.25, 0.3) is 48.7 Å². The van der Waals surface area contributed by atoms with E-state index in [9.17, 15) is 75.8 Å². The second-order valence-electron chi connectivity index (χ2n) is 8.83. The first-order valence-electron chi connectivity index (χ1n) is 11.8. The Kier molecular flexibility index (Phi) is 10.3. The molecule has 0 aliphatic heterocycles. The third-order valence-corrected chi connectivity index (χ3v) is 10.1. The summed E-state index contributed by atoms with van der Waals surface area (Å²) in [7, 11) is -17.3. The quantitative estimate of drug-likeness (QED) is 0.124. The lowest BCUT2D eigenvalue weighted by Gasteiger charge is -2.18. The lowest BCUT2D eigenvalue weighted by atomic mass is 10.1. The second kappa shape index (κ2) is 13.4. The van der Waals surface area contributed by atoms with E-state index >= 15 is 0 Å². The molecule has 0 saturated carbocycles. The molecular formula is C21H15N5O18S3. The summed E-state index contributed by atoms with van der Waals surface area (Å²) in [6.07, 6.45) is 0. The minimum Gasteiger partial charge on any atom is -0.258 e. The van der Waals surface area contributed by atoms with E-state index in [1.54, 1.807) is 0 Å². The molecule has 47 heavy (non-hydrogen) atoms. The average molecular weight is 722 g/mol. The maximum absolute atomic E-state index is 13.3. The predicted octanol–water partition coefficient (Wildman–Crippen LogP) is 2.65. The molecule has 3 aromatic carbocycles. The van der Waals surface area contributed by atoms with Crippen molar-refractivity contribution in [2.75, 3.05) is 0 Å². The van der Waals surface area contributed by atoms with Crippen LogP contribution >= 0.6 is 0 Å². The zero-order valence-electron chi connectivity index (χ0n) is 22.6. The summed E-state index contributed by atoms with van der Waals surface area (Å²) < 4.78 is 87.2. The fraction of sp³-hybridized carbons (Fsp3) is 0.143. The minimum atomic E-state index is -6.10. The molecule has 0 spiro atoms. The number of rotatable bonds is 15. The Morgan fingerprint density at radius 2 is 1.09 bits per heavy atom. The molecule has 0 amide bonds. The molecule has 1 unspecified atom stereocenters. The lowest BCUT2D eigenvalue weighted by Crippen LogP contribution is -2.27. The van der Waals surface area contributed by atoms with Crippen LogP contribution in [0.4, 0.5) is 28.4 Å². The van der Waals surface area contributed by atoms with Crippen LogP contribution in [0.15, 0.2) is 60.7 Å². The van der Waals surface area contributed by atoms with Crippen LogP contribution in [0.1, 0.15) is 22.1 Å². The summed E-state index contributed by atoms with van der Waals surface area (Å²) in [5.74, 6) is -3.45. The van der Waals surface area contributed by atoms with Gasteiger partial charge in [-0.1, -0.05) is 12.1 Å². The first kappa shape index (κ1) is 35.9. The number of nitro groups is 5. The number of para-hydroxylation sites is 1. The van der Waals surface area contributed by atoms with E-state index in [1.165, 1.54) is 0 Å². The number of hydrogen-bond donors (Lipinski definition) is 0. The van der Waals surface area contributed by atoms with Crippen molar-refractivity contribution in [3.8, 4) is 0 Å². The van der Waals surface area contributed by atoms with E-state index in [2.05, 4.69) is 7.81 Å². The summed E-state index contributed by atoms with van der Waals surface area (Å²) in [4.78, 5) is 50.9.